The Hall–Kier alpha value is -1.85. The first-order valence-electron chi connectivity index (χ1n) is 4.65. The van der Waals surface area contributed by atoms with Crippen LogP contribution in [0.25, 0.3) is 0 Å². The molecule has 2 amide bonds. The molecule has 0 aliphatic rings. The summed E-state index contributed by atoms with van der Waals surface area (Å²) >= 11 is 0. The number of nitrogens with one attached hydrogen (secondary N) is 2. The average molecular weight is 210 g/mol. The third-order valence-corrected chi connectivity index (χ3v) is 1.92. The molecule has 2 N–H and O–H groups in total. The van der Waals surface area contributed by atoms with Crippen molar-refractivity contribution in [2.24, 2.45) is 0 Å². The molecular formula is C9H14N4O2. The van der Waals surface area contributed by atoms with E-state index in [1.807, 2.05) is 6.92 Å². The monoisotopic (exact) mass is 210 g/mol. The maximum Gasteiger partial charge on any atom is 0.221 e. The first-order valence-corrected chi connectivity index (χ1v) is 4.65. The van der Waals surface area contributed by atoms with Gasteiger partial charge >= 0.3 is 0 Å². The lowest BCUT2D eigenvalue weighted by atomic mass is 10.3. The number of nitrogens with zero attached hydrogens (tertiary/aromatic N) is 2. The summed E-state index contributed by atoms with van der Waals surface area (Å²) < 4.78 is 1.62. The molecule has 0 radical (unpaired) electrons. The standard InChI is InChI=1S/C9H14N4O2/c1-4-13-9(10-5-14)8(6(2)12-13)11-7(3)15/h5H,4H2,1-3H3,(H,10,14)(H,11,15). The molecule has 15 heavy (non-hydrogen) atoms. The molecule has 0 aliphatic carbocycles. The number of aryl methyl sites for hydroxylation is 2. The summed E-state index contributed by atoms with van der Waals surface area (Å²) in [6.45, 7) is 5.71. The molecule has 0 saturated carbocycles. The highest BCUT2D eigenvalue weighted by molar-refractivity contribution is 5.94. The third kappa shape index (κ3) is 2.34. The minimum absolute atomic E-state index is 0.192. The van der Waals surface area contributed by atoms with Crippen molar-refractivity contribution in [3.05, 3.63) is 5.69 Å². The molecule has 0 unspecified atom stereocenters. The maximum absolute atomic E-state index is 11.0. The van der Waals surface area contributed by atoms with Gasteiger partial charge in [0.25, 0.3) is 0 Å². The van der Waals surface area contributed by atoms with Crippen LogP contribution in [0.2, 0.25) is 0 Å². The van der Waals surface area contributed by atoms with Crippen molar-refractivity contribution < 1.29 is 9.59 Å². The van der Waals surface area contributed by atoms with Gasteiger partial charge in [-0.1, -0.05) is 0 Å². The van der Waals surface area contributed by atoms with Crippen LogP contribution < -0.4 is 10.6 Å². The van der Waals surface area contributed by atoms with E-state index in [2.05, 4.69) is 15.7 Å². The summed E-state index contributed by atoms with van der Waals surface area (Å²) in [4.78, 5) is 21.4. The van der Waals surface area contributed by atoms with Crippen molar-refractivity contribution in [1.29, 1.82) is 0 Å². The predicted octanol–water partition coefficient (Wildman–Crippen LogP) is 0.738. The van der Waals surface area contributed by atoms with Crippen LogP contribution in [0.5, 0.6) is 0 Å². The molecule has 1 rings (SSSR count). The Morgan fingerprint density at radius 3 is 2.73 bits per heavy atom. The van der Waals surface area contributed by atoms with E-state index in [4.69, 9.17) is 0 Å². The fraction of sp³-hybridized carbons (Fsp3) is 0.444. The Morgan fingerprint density at radius 2 is 2.27 bits per heavy atom. The Kier molecular flexibility index (Phi) is 3.43. The van der Waals surface area contributed by atoms with Crippen LogP contribution in [0, 0.1) is 6.92 Å². The Bertz CT molecular complexity index is 384. The lowest BCUT2D eigenvalue weighted by Crippen LogP contribution is -2.10. The van der Waals surface area contributed by atoms with Gasteiger partial charge in [-0.05, 0) is 13.8 Å². The number of amides is 2. The summed E-state index contributed by atoms with van der Waals surface area (Å²) in [6.07, 6.45) is 0.563. The lowest BCUT2D eigenvalue weighted by molar-refractivity contribution is -0.114. The van der Waals surface area contributed by atoms with Crippen molar-refractivity contribution >= 4 is 23.8 Å². The van der Waals surface area contributed by atoms with Gasteiger partial charge in [-0.2, -0.15) is 5.10 Å². The molecule has 1 heterocycles. The highest BCUT2D eigenvalue weighted by Crippen LogP contribution is 2.25. The maximum atomic E-state index is 11.0. The molecule has 6 heteroatoms. The van der Waals surface area contributed by atoms with Crippen molar-refractivity contribution in [3.63, 3.8) is 0 Å². The fourth-order valence-corrected chi connectivity index (χ4v) is 1.34. The summed E-state index contributed by atoms with van der Waals surface area (Å²) in [7, 11) is 0. The summed E-state index contributed by atoms with van der Waals surface area (Å²) in [5, 5.41) is 9.35. The molecule has 0 bridgehead atoms. The van der Waals surface area contributed by atoms with Crippen LogP contribution >= 0.6 is 0 Å². The summed E-state index contributed by atoms with van der Waals surface area (Å²) in [5.41, 5.74) is 1.23. The number of hydrogen-bond acceptors (Lipinski definition) is 3. The largest absolute Gasteiger partial charge is 0.322 e. The second-order valence-corrected chi connectivity index (χ2v) is 3.07. The van der Waals surface area contributed by atoms with E-state index in [-0.39, 0.29) is 5.91 Å². The first kappa shape index (κ1) is 11.2. The van der Waals surface area contributed by atoms with Gasteiger partial charge in [0.1, 0.15) is 5.69 Å². The van der Waals surface area contributed by atoms with Crippen molar-refractivity contribution in [3.8, 4) is 0 Å². The number of aromatic nitrogens is 2. The summed E-state index contributed by atoms with van der Waals surface area (Å²) in [6, 6.07) is 0. The molecular weight excluding hydrogens is 196 g/mol. The topological polar surface area (TPSA) is 76.0 Å². The molecule has 1 aromatic rings. The Morgan fingerprint density at radius 1 is 1.60 bits per heavy atom. The van der Waals surface area contributed by atoms with E-state index < -0.39 is 0 Å². The molecule has 82 valence electrons. The van der Waals surface area contributed by atoms with E-state index in [0.717, 1.165) is 0 Å². The number of hydrogen-bond donors (Lipinski definition) is 2. The number of carbonyl (C=O) groups is 2. The Balaban J connectivity index is 3.14. The molecule has 0 atom stereocenters. The normalized spacial score (nSPS) is 9.80. The lowest BCUT2D eigenvalue weighted by Gasteiger charge is -2.06. The fourth-order valence-electron chi connectivity index (χ4n) is 1.34. The van der Waals surface area contributed by atoms with Crippen LogP contribution in [0.3, 0.4) is 0 Å². The molecule has 0 spiro atoms. The van der Waals surface area contributed by atoms with E-state index in [0.29, 0.717) is 30.2 Å². The first-order chi connectivity index (χ1) is 7.10. The molecule has 0 aliphatic heterocycles. The van der Waals surface area contributed by atoms with Crippen molar-refractivity contribution in [1.82, 2.24) is 9.78 Å². The van der Waals surface area contributed by atoms with Gasteiger partial charge in [-0.15, -0.1) is 0 Å². The summed E-state index contributed by atoms with van der Waals surface area (Å²) in [5.74, 6) is 0.322. The number of anilines is 2. The van der Waals surface area contributed by atoms with Crippen LogP contribution in [-0.2, 0) is 16.1 Å². The minimum atomic E-state index is -0.192. The average Bonchev–Trinajstić information content (AvgIpc) is 2.45. The Labute approximate surface area is 87.7 Å². The van der Waals surface area contributed by atoms with E-state index in [9.17, 15) is 9.59 Å². The zero-order chi connectivity index (χ0) is 11.4. The van der Waals surface area contributed by atoms with E-state index in [1.54, 1.807) is 11.6 Å². The highest BCUT2D eigenvalue weighted by atomic mass is 16.1. The predicted molar refractivity (Wildman–Crippen MR) is 56.6 cm³/mol. The van der Waals surface area contributed by atoms with E-state index >= 15 is 0 Å². The molecule has 6 nitrogen and oxygen atoms in total. The third-order valence-electron chi connectivity index (χ3n) is 1.92. The zero-order valence-electron chi connectivity index (χ0n) is 9.00. The van der Waals surface area contributed by atoms with Crippen LogP contribution in [0.15, 0.2) is 0 Å². The minimum Gasteiger partial charge on any atom is -0.322 e. The van der Waals surface area contributed by atoms with Gasteiger partial charge in [-0.3, -0.25) is 9.59 Å². The van der Waals surface area contributed by atoms with Crippen LogP contribution in [-0.4, -0.2) is 22.1 Å². The van der Waals surface area contributed by atoms with Gasteiger partial charge in [0.2, 0.25) is 12.3 Å². The molecule has 0 fully saturated rings. The van der Waals surface area contributed by atoms with Crippen molar-refractivity contribution in [2.45, 2.75) is 27.3 Å². The van der Waals surface area contributed by atoms with Crippen LogP contribution in [0.4, 0.5) is 11.5 Å². The SMILES string of the molecule is CCn1nc(C)c(NC(C)=O)c1NC=O. The van der Waals surface area contributed by atoms with Crippen LogP contribution in [0.1, 0.15) is 19.5 Å². The highest BCUT2D eigenvalue weighted by Gasteiger charge is 2.14. The van der Waals surface area contributed by atoms with E-state index in [1.165, 1.54) is 6.92 Å². The van der Waals surface area contributed by atoms with Gasteiger partial charge in [0.15, 0.2) is 5.82 Å². The molecule has 0 saturated heterocycles. The van der Waals surface area contributed by atoms with Gasteiger partial charge in [0.05, 0.1) is 5.69 Å². The smallest absolute Gasteiger partial charge is 0.221 e. The molecule has 1 aromatic heterocycles. The molecule has 0 aromatic carbocycles. The zero-order valence-corrected chi connectivity index (χ0v) is 9.00. The van der Waals surface area contributed by atoms with Gasteiger partial charge in [0, 0.05) is 13.5 Å². The number of carbonyl (C=O) groups excluding carboxylic acids is 2. The second kappa shape index (κ2) is 4.59. The van der Waals surface area contributed by atoms with Gasteiger partial charge < -0.3 is 10.6 Å². The van der Waals surface area contributed by atoms with Gasteiger partial charge in [-0.25, -0.2) is 4.68 Å². The number of rotatable bonds is 4. The quantitative estimate of drug-likeness (QED) is 0.719. The second-order valence-electron chi connectivity index (χ2n) is 3.07. The van der Waals surface area contributed by atoms with Crippen molar-refractivity contribution in [2.75, 3.05) is 10.6 Å².